The fourth-order valence-electron chi connectivity index (χ4n) is 3.39. The zero-order valence-electron chi connectivity index (χ0n) is 15.6. The molecular formula is C21H26ClFN4. The maximum Gasteiger partial charge on any atom is 0.191 e. The van der Waals surface area contributed by atoms with Gasteiger partial charge in [0.25, 0.3) is 0 Å². The average Bonchev–Trinajstić information content (AvgIpc) is 2.70. The largest absolute Gasteiger partial charge is 0.371 e. The van der Waals surface area contributed by atoms with Gasteiger partial charge in [-0.3, -0.25) is 4.99 Å². The Hall–Kier alpha value is -2.27. The van der Waals surface area contributed by atoms with Gasteiger partial charge in [0.1, 0.15) is 5.82 Å². The van der Waals surface area contributed by atoms with Crippen LogP contribution in [0.2, 0.25) is 5.02 Å². The summed E-state index contributed by atoms with van der Waals surface area (Å²) < 4.78 is 13.8. The molecule has 0 bridgehead atoms. The number of nitrogens with zero attached hydrogens (tertiary/aromatic N) is 2. The summed E-state index contributed by atoms with van der Waals surface area (Å²) in [5, 5.41) is 7.21. The monoisotopic (exact) mass is 388 g/mol. The SMILES string of the molecule is CN=C(NCCc1c(F)cccc1Cl)NC1CCN(c2ccccc2)CC1. The van der Waals surface area contributed by atoms with Crippen LogP contribution in [0.3, 0.4) is 0 Å². The Bertz CT molecular complexity index is 738. The predicted octanol–water partition coefficient (Wildman–Crippen LogP) is 3.86. The van der Waals surface area contributed by atoms with Gasteiger partial charge in [0.15, 0.2) is 5.96 Å². The molecule has 0 aromatic heterocycles. The fraction of sp³-hybridized carbons (Fsp3) is 0.381. The zero-order chi connectivity index (χ0) is 19.1. The first-order chi connectivity index (χ1) is 13.2. The van der Waals surface area contributed by atoms with E-state index in [0.29, 0.717) is 29.6 Å². The van der Waals surface area contributed by atoms with E-state index in [0.717, 1.165) is 31.9 Å². The van der Waals surface area contributed by atoms with Crippen LogP contribution in [0.4, 0.5) is 10.1 Å². The summed E-state index contributed by atoms with van der Waals surface area (Å²) in [4.78, 5) is 6.70. The van der Waals surface area contributed by atoms with Crippen LogP contribution in [0.15, 0.2) is 53.5 Å². The highest BCUT2D eigenvalue weighted by Crippen LogP contribution is 2.20. The molecular weight excluding hydrogens is 363 g/mol. The molecule has 0 radical (unpaired) electrons. The van der Waals surface area contributed by atoms with Crippen molar-refractivity contribution in [1.82, 2.24) is 10.6 Å². The molecule has 0 amide bonds. The Morgan fingerprint density at radius 1 is 1.15 bits per heavy atom. The van der Waals surface area contributed by atoms with E-state index in [2.05, 4.69) is 44.8 Å². The van der Waals surface area contributed by atoms with Crippen LogP contribution in [-0.2, 0) is 6.42 Å². The van der Waals surface area contributed by atoms with Crippen LogP contribution < -0.4 is 15.5 Å². The second-order valence-electron chi connectivity index (χ2n) is 6.69. The number of guanidine groups is 1. The summed E-state index contributed by atoms with van der Waals surface area (Å²) in [5.74, 6) is 0.487. The van der Waals surface area contributed by atoms with Crippen LogP contribution in [-0.4, -0.2) is 38.7 Å². The van der Waals surface area contributed by atoms with Crippen molar-refractivity contribution < 1.29 is 4.39 Å². The number of para-hydroxylation sites is 1. The van der Waals surface area contributed by atoms with E-state index in [1.54, 1.807) is 19.2 Å². The fourth-order valence-corrected chi connectivity index (χ4v) is 3.64. The lowest BCUT2D eigenvalue weighted by Gasteiger charge is -2.34. The normalized spacial score (nSPS) is 15.7. The molecule has 0 atom stereocenters. The van der Waals surface area contributed by atoms with Crippen molar-refractivity contribution in [2.45, 2.75) is 25.3 Å². The van der Waals surface area contributed by atoms with Crippen molar-refractivity contribution in [3.63, 3.8) is 0 Å². The molecule has 3 rings (SSSR count). The summed E-state index contributed by atoms with van der Waals surface area (Å²) in [6.07, 6.45) is 2.61. The number of aliphatic imine (C=N–C) groups is 1. The van der Waals surface area contributed by atoms with Crippen LogP contribution in [0.5, 0.6) is 0 Å². The van der Waals surface area contributed by atoms with E-state index in [9.17, 15) is 4.39 Å². The summed E-state index contributed by atoms with van der Waals surface area (Å²) >= 11 is 6.08. The van der Waals surface area contributed by atoms with Gasteiger partial charge in [-0.25, -0.2) is 4.39 Å². The van der Waals surface area contributed by atoms with Crippen molar-refractivity contribution in [1.29, 1.82) is 0 Å². The molecule has 1 heterocycles. The molecule has 2 N–H and O–H groups in total. The Kier molecular flexibility index (Phi) is 6.93. The van der Waals surface area contributed by atoms with Crippen molar-refractivity contribution in [3.05, 3.63) is 64.9 Å². The molecule has 0 spiro atoms. The molecule has 1 saturated heterocycles. The van der Waals surface area contributed by atoms with Gasteiger partial charge in [-0.2, -0.15) is 0 Å². The van der Waals surface area contributed by atoms with Crippen molar-refractivity contribution in [3.8, 4) is 0 Å². The third-order valence-electron chi connectivity index (χ3n) is 4.91. The van der Waals surface area contributed by atoms with E-state index in [-0.39, 0.29) is 5.82 Å². The van der Waals surface area contributed by atoms with Crippen LogP contribution in [0.25, 0.3) is 0 Å². The molecule has 1 aliphatic heterocycles. The van der Waals surface area contributed by atoms with Crippen molar-refractivity contribution in [2.75, 3.05) is 31.6 Å². The van der Waals surface area contributed by atoms with Crippen LogP contribution in [0, 0.1) is 5.82 Å². The second-order valence-corrected chi connectivity index (χ2v) is 7.10. The maximum atomic E-state index is 13.8. The molecule has 6 heteroatoms. The molecule has 2 aromatic rings. The van der Waals surface area contributed by atoms with Crippen molar-refractivity contribution >= 4 is 23.2 Å². The Morgan fingerprint density at radius 3 is 2.56 bits per heavy atom. The number of anilines is 1. The van der Waals surface area contributed by atoms with E-state index >= 15 is 0 Å². The molecule has 2 aromatic carbocycles. The van der Waals surface area contributed by atoms with E-state index < -0.39 is 0 Å². The maximum absolute atomic E-state index is 13.8. The van der Waals surface area contributed by atoms with E-state index in [1.165, 1.54) is 11.8 Å². The van der Waals surface area contributed by atoms with Crippen LogP contribution in [0.1, 0.15) is 18.4 Å². The molecule has 27 heavy (non-hydrogen) atoms. The Balaban J connectivity index is 1.44. The van der Waals surface area contributed by atoms with Gasteiger partial charge in [-0.15, -0.1) is 0 Å². The van der Waals surface area contributed by atoms with Crippen molar-refractivity contribution in [2.24, 2.45) is 4.99 Å². The highest BCUT2D eigenvalue weighted by molar-refractivity contribution is 6.31. The lowest BCUT2D eigenvalue weighted by Crippen LogP contribution is -2.49. The average molecular weight is 389 g/mol. The molecule has 0 saturated carbocycles. The number of hydrogen-bond donors (Lipinski definition) is 2. The topological polar surface area (TPSA) is 39.7 Å². The minimum Gasteiger partial charge on any atom is -0.371 e. The molecule has 0 aliphatic carbocycles. The molecule has 0 unspecified atom stereocenters. The number of halogens is 2. The molecule has 144 valence electrons. The minimum atomic E-state index is -0.263. The third kappa shape index (κ3) is 5.36. The smallest absolute Gasteiger partial charge is 0.191 e. The highest BCUT2D eigenvalue weighted by atomic mass is 35.5. The summed E-state index contributed by atoms with van der Waals surface area (Å²) in [6, 6.07) is 15.7. The number of nitrogens with one attached hydrogen (secondary N) is 2. The van der Waals surface area contributed by atoms with Gasteiger partial charge in [0.2, 0.25) is 0 Å². The minimum absolute atomic E-state index is 0.263. The van der Waals surface area contributed by atoms with Gasteiger partial charge >= 0.3 is 0 Å². The standard InChI is InChI=1S/C21H26ClFN4/c1-24-21(25-13-10-18-19(22)8-5-9-20(18)23)26-16-11-14-27(15-12-16)17-6-3-2-4-7-17/h2-9,16H,10-15H2,1H3,(H2,24,25,26). The number of benzene rings is 2. The Morgan fingerprint density at radius 2 is 1.89 bits per heavy atom. The first-order valence-corrected chi connectivity index (χ1v) is 9.75. The number of piperidine rings is 1. The van der Waals surface area contributed by atoms with E-state index in [4.69, 9.17) is 11.6 Å². The lowest BCUT2D eigenvalue weighted by atomic mass is 10.0. The van der Waals surface area contributed by atoms with E-state index in [1.807, 2.05) is 6.07 Å². The predicted molar refractivity (Wildman–Crippen MR) is 111 cm³/mol. The lowest BCUT2D eigenvalue weighted by molar-refractivity contribution is 0.461. The molecule has 4 nitrogen and oxygen atoms in total. The van der Waals surface area contributed by atoms with Gasteiger partial charge < -0.3 is 15.5 Å². The van der Waals surface area contributed by atoms with Crippen LogP contribution >= 0.6 is 11.6 Å². The second kappa shape index (κ2) is 9.60. The summed E-state index contributed by atoms with van der Waals surface area (Å²) in [5.41, 5.74) is 1.82. The van der Waals surface area contributed by atoms with Gasteiger partial charge in [-0.1, -0.05) is 35.9 Å². The number of rotatable bonds is 5. The summed E-state index contributed by atoms with van der Waals surface area (Å²) in [7, 11) is 1.75. The summed E-state index contributed by atoms with van der Waals surface area (Å²) in [6.45, 7) is 2.61. The van der Waals surface area contributed by atoms with Gasteiger partial charge in [0.05, 0.1) is 0 Å². The first kappa shape index (κ1) is 19.5. The Labute approximate surface area is 165 Å². The highest BCUT2D eigenvalue weighted by Gasteiger charge is 2.20. The number of hydrogen-bond acceptors (Lipinski definition) is 2. The van der Waals surface area contributed by atoms with Gasteiger partial charge in [0, 0.05) is 49.0 Å². The zero-order valence-corrected chi connectivity index (χ0v) is 16.3. The van der Waals surface area contributed by atoms with Gasteiger partial charge in [-0.05, 0) is 43.5 Å². The first-order valence-electron chi connectivity index (χ1n) is 9.37. The quantitative estimate of drug-likeness (QED) is 0.603. The third-order valence-corrected chi connectivity index (χ3v) is 5.26. The molecule has 1 fully saturated rings. The molecule has 1 aliphatic rings.